The third-order valence-electron chi connectivity index (χ3n) is 3.58. The van der Waals surface area contributed by atoms with E-state index in [9.17, 15) is 8.42 Å². The maximum Gasteiger partial charge on any atom is 0.244 e. The van der Waals surface area contributed by atoms with Crippen molar-refractivity contribution in [1.82, 2.24) is 4.31 Å². The molecule has 1 aromatic rings. The van der Waals surface area contributed by atoms with Crippen molar-refractivity contribution in [2.75, 3.05) is 7.05 Å². The first-order valence-electron chi connectivity index (χ1n) is 6.10. The predicted molar refractivity (Wildman–Crippen MR) is 85.3 cm³/mol. The average molecular weight is 359 g/mol. The quantitative estimate of drug-likeness (QED) is 0.725. The molecule has 0 aliphatic rings. The lowest BCUT2D eigenvalue weighted by Gasteiger charge is -2.34. The Balaban J connectivity index is 3.48. The number of hydrogen-bond donors (Lipinski definition) is 0. The summed E-state index contributed by atoms with van der Waals surface area (Å²) in [5.41, 5.74) is -0.0203. The molecular formula is C13H18Cl3NO2S. The molecule has 0 unspecified atom stereocenters. The second-order valence-electron chi connectivity index (χ2n) is 5.15. The Morgan fingerprint density at radius 1 is 1.25 bits per heavy atom. The van der Waals surface area contributed by atoms with Crippen LogP contribution in [0.3, 0.4) is 0 Å². The van der Waals surface area contributed by atoms with E-state index < -0.39 is 15.6 Å². The SMILES string of the molecule is CCC(C)(C)N(C)S(=O)(=O)c1cc(Cl)cc(CCl)c1Cl. The molecule has 7 heteroatoms. The summed E-state index contributed by atoms with van der Waals surface area (Å²) in [4.78, 5) is -0.00802. The molecule has 1 rings (SSSR count). The van der Waals surface area contributed by atoms with Gasteiger partial charge in [-0.25, -0.2) is 8.42 Å². The van der Waals surface area contributed by atoms with Crippen LogP contribution in [0.15, 0.2) is 17.0 Å². The minimum Gasteiger partial charge on any atom is -0.207 e. The first-order valence-corrected chi connectivity index (χ1v) is 8.84. The van der Waals surface area contributed by atoms with Crippen LogP contribution in [0.5, 0.6) is 0 Å². The maximum absolute atomic E-state index is 12.7. The molecule has 0 radical (unpaired) electrons. The summed E-state index contributed by atoms with van der Waals surface area (Å²) in [7, 11) is -2.20. The average Bonchev–Trinajstić information content (AvgIpc) is 2.39. The molecule has 114 valence electrons. The molecule has 1 aromatic carbocycles. The Bertz CT molecular complexity index is 600. The summed E-state index contributed by atoms with van der Waals surface area (Å²) in [5, 5.41) is 0.425. The van der Waals surface area contributed by atoms with E-state index in [1.807, 2.05) is 20.8 Å². The molecule has 0 heterocycles. The lowest BCUT2D eigenvalue weighted by Crippen LogP contribution is -2.44. The second-order valence-corrected chi connectivity index (χ2v) is 8.17. The van der Waals surface area contributed by atoms with Crippen LogP contribution in [0.25, 0.3) is 0 Å². The van der Waals surface area contributed by atoms with E-state index in [2.05, 4.69) is 0 Å². The first kappa shape index (κ1) is 18.1. The van der Waals surface area contributed by atoms with Crippen molar-refractivity contribution in [3.05, 3.63) is 27.7 Å². The molecule has 0 bridgehead atoms. The van der Waals surface area contributed by atoms with Gasteiger partial charge in [0.15, 0.2) is 0 Å². The fourth-order valence-electron chi connectivity index (χ4n) is 1.60. The minimum absolute atomic E-state index is 0.00802. The van der Waals surface area contributed by atoms with Gasteiger partial charge in [-0.15, -0.1) is 11.6 Å². The van der Waals surface area contributed by atoms with E-state index in [-0.39, 0.29) is 15.8 Å². The Hall–Kier alpha value is -0.000000000000000111. The van der Waals surface area contributed by atoms with E-state index in [4.69, 9.17) is 34.8 Å². The number of benzene rings is 1. The van der Waals surface area contributed by atoms with Crippen molar-refractivity contribution in [2.45, 2.75) is 43.5 Å². The highest BCUT2D eigenvalue weighted by Gasteiger charge is 2.34. The van der Waals surface area contributed by atoms with E-state index in [0.717, 1.165) is 0 Å². The zero-order valence-electron chi connectivity index (χ0n) is 11.9. The second kappa shape index (κ2) is 6.41. The highest BCUT2D eigenvalue weighted by Crippen LogP contribution is 2.34. The van der Waals surface area contributed by atoms with E-state index in [1.165, 1.54) is 17.4 Å². The Labute approximate surface area is 135 Å². The van der Waals surface area contributed by atoms with Gasteiger partial charge in [0, 0.05) is 23.5 Å². The van der Waals surface area contributed by atoms with Crippen LogP contribution >= 0.6 is 34.8 Å². The molecular weight excluding hydrogens is 341 g/mol. The molecule has 0 aromatic heterocycles. The zero-order valence-corrected chi connectivity index (χ0v) is 15.0. The summed E-state index contributed by atoms with van der Waals surface area (Å²) in [5.74, 6) is 0.1000. The number of hydrogen-bond acceptors (Lipinski definition) is 2. The fraction of sp³-hybridized carbons (Fsp3) is 0.538. The molecule has 0 spiro atoms. The molecule has 0 N–H and O–H groups in total. The van der Waals surface area contributed by atoms with Crippen LogP contribution in [0.4, 0.5) is 0 Å². The molecule has 0 saturated heterocycles. The summed E-state index contributed by atoms with van der Waals surface area (Å²) in [6.45, 7) is 5.63. The standard InChI is InChI=1S/C13H18Cl3NO2S/c1-5-13(2,3)17(4)20(18,19)11-7-10(15)6-9(8-14)12(11)16/h6-7H,5,8H2,1-4H3. The zero-order chi connectivity index (χ0) is 15.7. The highest BCUT2D eigenvalue weighted by atomic mass is 35.5. The minimum atomic E-state index is -3.74. The van der Waals surface area contributed by atoms with Gasteiger partial charge < -0.3 is 0 Å². The smallest absolute Gasteiger partial charge is 0.207 e. The number of sulfonamides is 1. The van der Waals surface area contributed by atoms with Gasteiger partial charge in [0.25, 0.3) is 0 Å². The van der Waals surface area contributed by atoms with E-state index in [1.54, 1.807) is 6.07 Å². The maximum atomic E-state index is 12.7. The van der Waals surface area contributed by atoms with Gasteiger partial charge in [-0.1, -0.05) is 30.1 Å². The summed E-state index contributed by atoms with van der Waals surface area (Å²) >= 11 is 17.9. The van der Waals surface area contributed by atoms with Crippen molar-refractivity contribution < 1.29 is 8.42 Å². The van der Waals surface area contributed by atoms with Crippen LogP contribution in [0, 0.1) is 0 Å². The van der Waals surface area contributed by atoms with Crippen molar-refractivity contribution in [3.63, 3.8) is 0 Å². The lowest BCUT2D eigenvalue weighted by molar-refractivity contribution is 0.257. The van der Waals surface area contributed by atoms with Gasteiger partial charge in [0.05, 0.1) is 5.02 Å². The molecule has 0 aliphatic carbocycles. The lowest BCUT2D eigenvalue weighted by atomic mass is 10.0. The first-order chi connectivity index (χ1) is 9.07. The summed E-state index contributed by atoms with van der Waals surface area (Å²) in [6, 6.07) is 2.93. The molecule has 20 heavy (non-hydrogen) atoms. The fourth-order valence-corrected chi connectivity index (χ4v) is 4.36. The van der Waals surface area contributed by atoms with Crippen LogP contribution in [-0.4, -0.2) is 25.3 Å². The Morgan fingerprint density at radius 2 is 1.80 bits per heavy atom. The van der Waals surface area contributed by atoms with E-state index >= 15 is 0 Å². The number of rotatable bonds is 5. The summed E-state index contributed by atoms with van der Waals surface area (Å²) in [6.07, 6.45) is 0.670. The van der Waals surface area contributed by atoms with Crippen LogP contribution in [0.2, 0.25) is 10.0 Å². The number of alkyl halides is 1. The predicted octanol–water partition coefficient (Wildman–Crippen LogP) is 4.54. The topological polar surface area (TPSA) is 37.4 Å². The van der Waals surface area contributed by atoms with Crippen LogP contribution in [0.1, 0.15) is 32.8 Å². The van der Waals surface area contributed by atoms with Crippen molar-refractivity contribution in [3.8, 4) is 0 Å². The molecule has 3 nitrogen and oxygen atoms in total. The summed E-state index contributed by atoms with van der Waals surface area (Å²) < 4.78 is 26.8. The van der Waals surface area contributed by atoms with Gasteiger partial charge in [0.1, 0.15) is 4.90 Å². The largest absolute Gasteiger partial charge is 0.244 e. The van der Waals surface area contributed by atoms with Gasteiger partial charge in [-0.2, -0.15) is 4.31 Å². The Kier molecular flexibility index (Phi) is 5.78. The third kappa shape index (κ3) is 3.42. The van der Waals surface area contributed by atoms with E-state index in [0.29, 0.717) is 17.0 Å². The van der Waals surface area contributed by atoms with Gasteiger partial charge in [-0.3, -0.25) is 0 Å². The third-order valence-corrected chi connectivity index (χ3v) is 6.74. The molecule has 0 atom stereocenters. The Morgan fingerprint density at radius 3 is 2.25 bits per heavy atom. The van der Waals surface area contributed by atoms with Crippen molar-refractivity contribution >= 4 is 44.8 Å². The normalized spacial score (nSPS) is 13.0. The van der Waals surface area contributed by atoms with Gasteiger partial charge in [-0.05, 0) is 38.0 Å². The number of halogens is 3. The molecule has 0 saturated carbocycles. The molecule has 0 amide bonds. The van der Waals surface area contributed by atoms with Crippen molar-refractivity contribution in [1.29, 1.82) is 0 Å². The van der Waals surface area contributed by atoms with Gasteiger partial charge >= 0.3 is 0 Å². The van der Waals surface area contributed by atoms with Crippen LogP contribution in [-0.2, 0) is 15.9 Å². The monoisotopic (exact) mass is 357 g/mol. The molecule has 0 fully saturated rings. The van der Waals surface area contributed by atoms with Crippen molar-refractivity contribution in [2.24, 2.45) is 0 Å². The molecule has 0 aliphatic heterocycles. The number of nitrogens with zero attached hydrogens (tertiary/aromatic N) is 1. The van der Waals surface area contributed by atoms with Gasteiger partial charge in [0.2, 0.25) is 10.0 Å². The van der Waals surface area contributed by atoms with Crippen LogP contribution < -0.4 is 0 Å². The highest BCUT2D eigenvalue weighted by molar-refractivity contribution is 7.89.